The zero-order valence-electron chi connectivity index (χ0n) is 18.3. The van der Waals surface area contributed by atoms with Crippen molar-refractivity contribution in [2.75, 3.05) is 38.7 Å². The minimum atomic E-state index is -1.00. The van der Waals surface area contributed by atoms with Gasteiger partial charge in [-0.05, 0) is 36.2 Å². The van der Waals surface area contributed by atoms with Crippen LogP contribution in [0.2, 0.25) is 0 Å². The Morgan fingerprint density at radius 3 is 2.91 bits per heavy atom. The molecule has 33 heavy (non-hydrogen) atoms. The van der Waals surface area contributed by atoms with Gasteiger partial charge in [0, 0.05) is 36.4 Å². The van der Waals surface area contributed by atoms with Gasteiger partial charge in [-0.25, -0.2) is 8.91 Å². The van der Waals surface area contributed by atoms with E-state index in [0.717, 1.165) is 34.1 Å². The Labute approximate surface area is 190 Å². The summed E-state index contributed by atoms with van der Waals surface area (Å²) in [5, 5.41) is 8.86. The highest BCUT2D eigenvalue weighted by Gasteiger charge is 2.35. The van der Waals surface area contributed by atoms with Crippen LogP contribution in [0.5, 0.6) is 5.88 Å². The van der Waals surface area contributed by atoms with Gasteiger partial charge in [0.2, 0.25) is 11.8 Å². The highest BCUT2D eigenvalue weighted by Crippen LogP contribution is 2.33. The lowest BCUT2D eigenvalue weighted by atomic mass is 10.0. The molecule has 5 heterocycles. The van der Waals surface area contributed by atoms with Crippen LogP contribution in [0, 0.1) is 0 Å². The molecule has 2 aliphatic heterocycles. The second-order valence-electron chi connectivity index (χ2n) is 8.62. The number of piperidine rings is 1. The van der Waals surface area contributed by atoms with Crippen molar-refractivity contribution in [1.29, 1.82) is 0 Å². The number of benzene rings is 1. The first-order chi connectivity index (χ1) is 16.2. The average Bonchev–Trinajstić information content (AvgIpc) is 3.23. The summed E-state index contributed by atoms with van der Waals surface area (Å²) in [7, 11) is 1.59. The molecule has 0 amide bonds. The normalized spacial score (nSPS) is 21.9. The highest BCUT2D eigenvalue weighted by molar-refractivity contribution is 5.90. The number of hydrogen-bond donors (Lipinski definition) is 1. The van der Waals surface area contributed by atoms with Crippen LogP contribution in [-0.4, -0.2) is 76.2 Å². The van der Waals surface area contributed by atoms with Gasteiger partial charge in [-0.2, -0.15) is 4.98 Å². The van der Waals surface area contributed by atoms with Crippen molar-refractivity contribution in [1.82, 2.24) is 24.5 Å². The number of likely N-dealkylation sites (tertiary alicyclic amines) is 1. The third kappa shape index (κ3) is 3.67. The summed E-state index contributed by atoms with van der Waals surface area (Å²) in [4.78, 5) is 11.1. The molecule has 9 heteroatoms. The van der Waals surface area contributed by atoms with Gasteiger partial charge in [0.1, 0.15) is 11.7 Å². The van der Waals surface area contributed by atoms with Crippen LogP contribution in [0.1, 0.15) is 6.42 Å². The monoisotopic (exact) mass is 448 g/mol. The largest absolute Gasteiger partial charge is 0.479 e. The topological polar surface area (TPSA) is 76.8 Å². The number of nitrogens with one attached hydrogen (secondary N) is 1. The lowest BCUT2D eigenvalue weighted by molar-refractivity contribution is -0.0794. The Morgan fingerprint density at radius 2 is 2.12 bits per heavy atom. The second-order valence-corrected chi connectivity index (χ2v) is 8.62. The van der Waals surface area contributed by atoms with Crippen LogP contribution in [0.15, 0.2) is 48.8 Å². The van der Waals surface area contributed by atoms with Crippen LogP contribution in [0.4, 0.5) is 10.3 Å². The number of methoxy groups -OCH3 is 1. The van der Waals surface area contributed by atoms with E-state index in [4.69, 9.17) is 9.47 Å². The predicted octanol–water partition coefficient (Wildman–Crippen LogP) is 3.18. The van der Waals surface area contributed by atoms with E-state index in [-0.39, 0.29) is 6.04 Å². The molecule has 170 valence electrons. The Bertz CT molecular complexity index is 1310. The number of rotatable bonds is 5. The number of halogens is 1. The van der Waals surface area contributed by atoms with E-state index < -0.39 is 6.17 Å². The molecule has 3 aromatic heterocycles. The first kappa shape index (κ1) is 20.3. The first-order valence-electron chi connectivity index (χ1n) is 11.2. The third-order valence-electron chi connectivity index (χ3n) is 6.61. The van der Waals surface area contributed by atoms with Gasteiger partial charge in [0.05, 0.1) is 37.9 Å². The summed E-state index contributed by atoms with van der Waals surface area (Å²) in [6, 6.07) is 12.1. The number of alkyl halides is 1. The molecule has 4 aromatic rings. The molecular formula is C24H25FN6O2. The zero-order chi connectivity index (χ0) is 22.4. The van der Waals surface area contributed by atoms with Crippen molar-refractivity contribution in [2.24, 2.45) is 0 Å². The van der Waals surface area contributed by atoms with Crippen LogP contribution < -0.4 is 10.1 Å². The molecule has 0 spiro atoms. The molecular weight excluding hydrogens is 423 g/mol. The summed E-state index contributed by atoms with van der Waals surface area (Å²) in [6.07, 6.45) is 3.34. The number of ether oxygens (including phenoxy) is 2. The smallest absolute Gasteiger partial charge is 0.244 e. The fourth-order valence-electron chi connectivity index (χ4n) is 4.69. The molecule has 0 aliphatic carbocycles. The standard InChI is InChI=1S/C24H25FN6O2/c1-32-23-22-18(15-4-5-20-16(11-15)3-2-8-26-20)6-10-31(22)29-24(28-23)27-21-7-9-30(12-19(21)25)17-13-33-14-17/h2-6,8,10-11,17,19,21H,7,9,12-14H2,1H3,(H,27,29)/t19-,21+/m0/s1. The number of hydrogen-bond acceptors (Lipinski definition) is 7. The molecule has 2 aliphatic rings. The zero-order valence-corrected chi connectivity index (χ0v) is 18.3. The number of anilines is 1. The van der Waals surface area contributed by atoms with E-state index in [9.17, 15) is 4.39 Å². The van der Waals surface area contributed by atoms with Crippen molar-refractivity contribution < 1.29 is 13.9 Å². The lowest BCUT2D eigenvalue weighted by Gasteiger charge is -2.42. The molecule has 0 bridgehead atoms. The molecule has 6 rings (SSSR count). The van der Waals surface area contributed by atoms with E-state index in [2.05, 4.69) is 31.3 Å². The fraction of sp³-hybridized carbons (Fsp3) is 0.375. The highest BCUT2D eigenvalue weighted by atomic mass is 19.1. The maximum atomic E-state index is 14.9. The lowest BCUT2D eigenvalue weighted by Crippen LogP contribution is -2.57. The van der Waals surface area contributed by atoms with Crippen molar-refractivity contribution in [2.45, 2.75) is 24.7 Å². The van der Waals surface area contributed by atoms with Crippen LogP contribution >= 0.6 is 0 Å². The van der Waals surface area contributed by atoms with Gasteiger partial charge in [-0.3, -0.25) is 9.88 Å². The summed E-state index contributed by atoms with van der Waals surface area (Å²) in [6.45, 7) is 2.63. The molecule has 2 fully saturated rings. The minimum absolute atomic E-state index is 0.340. The summed E-state index contributed by atoms with van der Waals surface area (Å²) >= 11 is 0. The van der Waals surface area contributed by atoms with Crippen molar-refractivity contribution >= 4 is 22.4 Å². The van der Waals surface area contributed by atoms with Crippen molar-refractivity contribution in [3.8, 4) is 17.0 Å². The number of fused-ring (bicyclic) bond motifs is 2. The third-order valence-corrected chi connectivity index (χ3v) is 6.61. The average molecular weight is 449 g/mol. The molecule has 0 radical (unpaired) electrons. The van der Waals surface area contributed by atoms with Crippen molar-refractivity contribution in [3.63, 3.8) is 0 Å². The quantitative estimate of drug-likeness (QED) is 0.503. The molecule has 8 nitrogen and oxygen atoms in total. The van der Waals surface area contributed by atoms with Gasteiger partial charge in [-0.15, -0.1) is 5.10 Å². The van der Waals surface area contributed by atoms with Gasteiger partial charge in [0.15, 0.2) is 0 Å². The Hall–Kier alpha value is -3.30. The summed E-state index contributed by atoms with van der Waals surface area (Å²) < 4.78 is 27.5. The van der Waals surface area contributed by atoms with Crippen molar-refractivity contribution in [3.05, 3.63) is 48.8 Å². The Morgan fingerprint density at radius 1 is 1.21 bits per heavy atom. The maximum Gasteiger partial charge on any atom is 0.244 e. The van der Waals surface area contributed by atoms with E-state index in [1.807, 2.05) is 36.5 Å². The molecule has 1 N–H and O–H groups in total. The maximum absolute atomic E-state index is 14.9. The van der Waals surface area contributed by atoms with Gasteiger partial charge in [0.25, 0.3) is 0 Å². The molecule has 1 aromatic carbocycles. The minimum Gasteiger partial charge on any atom is -0.479 e. The number of nitrogens with zero attached hydrogens (tertiary/aromatic N) is 5. The number of pyridine rings is 1. The SMILES string of the molecule is COc1nc(N[C@@H]2CCN(C3COC3)C[C@@H]2F)nn2ccc(-c3ccc4ncccc4c3)c12. The Balaban J connectivity index is 1.28. The van der Waals surface area contributed by atoms with Crippen LogP contribution in [0.3, 0.4) is 0 Å². The van der Waals surface area contributed by atoms with Gasteiger partial charge >= 0.3 is 0 Å². The van der Waals surface area contributed by atoms with Crippen LogP contribution in [-0.2, 0) is 4.74 Å². The van der Waals surface area contributed by atoms with E-state index in [0.29, 0.717) is 44.0 Å². The summed E-state index contributed by atoms with van der Waals surface area (Å²) in [5.74, 6) is 0.801. The first-order valence-corrected chi connectivity index (χ1v) is 11.2. The van der Waals surface area contributed by atoms with Gasteiger partial charge < -0.3 is 14.8 Å². The Kier molecular flexibility index (Phi) is 5.07. The van der Waals surface area contributed by atoms with Crippen LogP contribution in [0.25, 0.3) is 27.5 Å². The van der Waals surface area contributed by atoms with E-state index in [1.165, 1.54) is 0 Å². The second kappa shape index (κ2) is 8.24. The van der Waals surface area contributed by atoms with E-state index in [1.54, 1.807) is 17.8 Å². The van der Waals surface area contributed by atoms with E-state index >= 15 is 0 Å². The summed E-state index contributed by atoms with van der Waals surface area (Å²) in [5.41, 5.74) is 3.69. The molecule has 0 unspecified atom stereocenters. The molecule has 2 atom stereocenters. The fourth-order valence-corrected chi connectivity index (χ4v) is 4.69. The van der Waals surface area contributed by atoms with Gasteiger partial charge in [-0.1, -0.05) is 12.1 Å². The molecule has 2 saturated heterocycles. The number of aromatic nitrogens is 4. The predicted molar refractivity (Wildman–Crippen MR) is 123 cm³/mol. The molecule has 0 saturated carbocycles.